The molecule has 1 heterocycles. The number of fused-ring (bicyclic) bond motifs is 5. The van der Waals surface area contributed by atoms with Crippen LogP contribution in [-0.4, -0.2) is 0 Å². The molecule has 0 bridgehead atoms. The number of benzene rings is 3. The Balaban J connectivity index is 1.99. The molecule has 0 aliphatic heterocycles. The zero-order valence-electron chi connectivity index (χ0n) is 14.2. The largest absolute Gasteiger partial charge is 0.135 e. The van der Waals surface area contributed by atoms with Gasteiger partial charge in [-0.05, 0) is 63.7 Å². The van der Waals surface area contributed by atoms with Gasteiger partial charge in [0.15, 0.2) is 0 Å². The van der Waals surface area contributed by atoms with Crippen molar-refractivity contribution in [2.45, 2.75) is 13.3 Å². The summed E-state index contributed by atoms with van der Waals surface area (Å²) in [5, 5.41) is 6.23. The summed E-state index contributed by atoms with van der Waals surface area (Å²) in [6, 6.07) is 19.3. The van der Waals surface area contributed by atoms with E-state index in [9.17, 15) is 0 Å². The Hall–Kier alpha value is -1.61. The van der Waals surface area contributed by atoms with E-state index in [2.05, 4.69) is 71.4 Å². The second-order valence-electron chi connectivity index (χ2n) is 6.88. The Labute approximate surface area is 169 Å². The highest BCUT2D eigenvalue weighted by Crippen LogP contribution is 2.34. The Bertz CT molecular complexity index is 1300. The van der Waals surface area contributed by atoms with Crippen molar-refractivity contribution in [2.24, 2.45) is 5.92 Å². The van der Waals surface area contributed by atoms with Crippen molar-refractivity contribution in [3.05, 3.63) is 79.4 Å². The Morgan fingerprint density at radius 3 is 2.81 bits per heavy atom. The highest BCUT2D eigenvalue weighted by atomic mass is 79.9. The van der Waals surface area contributed by atoms with Crippen molar-refractivity contribution in [3.63, 3.8) is 0 Å². The van der Waals surface area contributed by atoms with Crippen molar-refractivity contribution >= 4 is 71.4 Å². The average molecular weight is 440 g/mol. The Morgan fingerprint density at radius 1 is 1.08 bits per heavy atom. The fraction of sp³-hybridized carbons (Fsp3) is 0.130. The zero-order valence-corrected chi connectivity index (χ0v) is 17.4. The molecule has 3 aromatic carbocycles. The fourth-order valence-corrected chi connectivity index (χ4v) is 5.99. The molecule has 0 fully saturated rings. The molecule has 5 rings (SSSR count). The first-order valence-electron chi connectivity index (χ1n) is 8.73. The topological polar surface area (TPSA) is 0 Å². The Kier molecular flexibility index (Phi) is 3.97. The van der Waals surface area contributed by atoms with Gasteiger partial charge in [0.25, 0.3) is 0 Å². The minimum Gasteiger partial charge on any atom is -0.135 e. The first kappa shape index (κ1) is 16.6. The third-order valence-electron chi connectivity index (χ3n) is 5.25. The van der Waals surface area contributed by atoms with E-state index in [-0.39, 0.29) is 0 Å². The molecule has 1 aromatic heterocycles. The third-order valence-corrected chi connectivity index (χ3v) is 7.28. The standard InChI is InChI=1S/C23H16BrClS/c1-13-6-9-17-22-16-5-3-2-4-14(16)7-11-20(22)26-23(17)21(13)18-12-15(24)8-10-19(18)25/h2-5,7-13H,6H2,1H3. The summed E-state index contributed by atoms with van der Waals surface area (Å²) in [7, 11) is 0. The lowest BCUT2D eigenvalue weighted by atomic mass is 9.87. The summed E-state index contributed by atoms with van der Waals surface area (Å²) in [5.74, 6) is 0.452. The molecule has 0 radical (unpaired) electrons. The molecule has 26 heavy (non-hydrogen) atoms. The predicted molar refractivity (Wildman–Crippen MR) is 118 cm³/mol. The first-order valence-corrected chi connectivity index (χ1v) is 10.7. The molecule has 1 atom stereocenters. The van der Waals surface area contributed by atoms with E-state index < -0.39 is 0 Å². The molecule has 0 saturated heterocycles. The zero-order chi connectivity index (χ0) is 17.8. The third kappa shape index (κ3) is 2.47. The van der Waals surface area contributed by atoms with E-state index >= 15 is 0 Å². The molecule has 3 heteroatoms. The Morgan fingerprint density at radius 2 is 1.92 bits per heavy atom. The van der Waals surface area contributed by atoms with Crippen molar-refractivity contribution in [3.8, 4) is 0 Å². The average Bonchev–Trinajstić information content (AvgIpc) is 3.03. The highest BCUT2D eigenvalue weighted by molar-refractivity contribution is 9.10. The lowest BCUT2D eigenvalue weighted by Crippen LogP contribution is -2.28. The maximum absolute atomic E-state index is 6.61. The van der Waals surface area contributed by atoms with Crippen LogP contribution in [0.1, 0.15) is 18.9 Å². The van der Waals surface area contributed by atoms with Crippen LogP contribution in [0.3, 0.4) is 0 Å². The van der Waals surface area contributed by atoms with Crippen LogP contribution in [0.4, 0.5) is 0 Å². The van der Waals surface area contributed by atoms with Crippen LogP contribution in [-0.2, 0) is 0 Å². The number of hydrogen-bond donors (Lipinski definition) is 0. The second kappa shape index (κ2) is 6.23. The van der Waals surface area contributed by atoms with E-state index in [0.717, 1.165) is 21.5 Å². The molecule has 128 valence electrons. The molecular weight excluding hydrogens is 424 g/mol. The van der Waals surface area contributed by atoms with E-state index in [1.54, 1.807) is 0 Å². The van der Waals surface area contributed by atoms with Crippen molar-refractivity contribution in [1.29, 1.82) is 0 Å². The minimum atomic E-state index is 0.452. The summed E-state index contributed by atoms with van der Waals surface area (Å²) in [5.41, 5.74) is 2.53. The number of rotatable bonds is 1. The second-order valence-corrected chi connectivity index (χ2v) is 9.26. The summed E-state index contributed by atoms with van der Waals surface area (Å²) in [6.07, 6.45) is 3.46. The monoisotopic (exact) mass is 438 g/mol. The van der Waals surface area contributed by atoms with Gasteiger partial charge in [-0.15, -0.1) is 11.3 Å². The molecule has 0 spiro atoms. The fourth-order valence-electron chi connectivity index (χ4n) is 4.02. The normalized spacial score (nSPS) is 16.7. The maximum atomic E-state index is 6.61. The number of hydrogen-bond acceptors (Lipinski definition) is 1. The van der Waals surface area contributed by atoms with Gasteiger partial charge < -0.3 is 0 Å². The van der Waals surface area contributed by atoms with E-state index in [4.69, 9.17) is 11.6 Å². The van der Waals surface area contributed by atoms with Crippen LogP contribution in [0.5, 0.6) is 0 Å². The minimum absolute atomic E-state index is 0.452. The maximum Gasteiger partial charge on any atom is 0.0482 e. The van der Waals surface area contributed by atoms with E-state index in [1.165, 1.54) is 36.2 Å². The van der Waals surface area contributed by atoms with Gasteiger partial charge in [-0.2, -0.15) is 0 Å². The molecule has 0 saturated carbocycles. The van der Waals surface area contributed by atoms with Gasteiger partial charge in [0.05, 0.1) is 0 Å². The number of thiophene rings is 1. The highest BCUT2D eigenvalue weighted by Gasteiger charge is 2.21. The molecule has 0 amide bonds. The van der Waals surface area contributed by atoms with E-state index in [1.807, 2.05) is 23.5 Å². The van der Waals surface area contributed by atoms with Gasteiger partial charge in [0.1, 0.15) is 0 Å². The molecule has 0 N–H and O–H groups in total. The first-order chi connectivity index (χ1) is 12.6. The van der Waals surface area contributed by atoms with Crippen LogP contribution in [0.2, 0.25) is 5.02 Å². The molecule has 4 aromatic rings. The summed E-state index contributed by atoms with van der Waals surface area (Å²) >= 11 is 12.1. The van der Waals surface area contributed by atoms with Gasteiger partial charge >= 0.3 is 0 Å². The quantitative estimate of drug-likeness (QED) is 0.318. The van der Waals surface area contributed by atoms with Gasteiger partial charge in [-0.1, -0.05) is 70.9 Å². The molecule has 1 unspecified atom stereocenters. The van der Waals surface area contributed by atoms with E-state index in [0.29, 0.717) is 5.92 Å². The van der Waals surface area contributed by atoms with Gasteiger partial charge in [-0.25, -0.2) is 0 Å². The lowest BCUT2D eigenvalue weighted by molar-refractivity contribution is 0.778. The molecule has 0 nitrogen and oxygen atoms in total. The molecule has 1 aliphatic rings. The summed E-state index contributed by atoms with van der Waals surface area (Å²) < 4.78 is 3.79. The molecule has 1 aliphatic carbocycles. The van der Waals surface area contributed by atoms with Gasteiger partial charge in [-0.3, -0.25) is 0 Å². The number of halogens is 2. The summed E-state index contributed by atoms with van der Waals surface area (Å²) in [4.78, 5) is 0. The lowest BCUT2D eigenvalue weighted by Gasteiger charge is -2.19. The van der Waals surface area contributed by atoms with Crippen LogP contribution >= 0.6 is 38.9 Å². The van der Waals surface area contributed by atoms with Crippen LogP contribution in [0.25, 0.3) is 32.5 Å². The molecular formula is C23H16BrClS. The smallest absolute Gasteiger partial charge is 0.0482 e. The van der Waals surface area contributed by atoms with Crippen molar-refractivity contribution < 1.29 is 0 Å². The van der Waals surface area contributed by atoms with Crippen LogP contribution < -0.4 is 9.75 Å². The van der Waals surface area contributed by atoms with Crippen molar-refractivity contribution in [1.82, 2.24) is 0 Å². The van der Waals surface area contributed by atoms with Crippen LogP contribution in [0, 0.1) is 5.92 Å². The summed E-state index contributed by atoms with van der Waals surface area (Å²) in [6.45, 7) is 2.30. The van der Waals surface area contributed by atoms with Crippen LogP contribution in [0.15, 0.2) is 59.1 Å². The predicted octanol–water partition coefficient (Wildman–Crippen LogP) is 6.49. The van der Waals surface area contributed by atoms with Crippen molar-refractivity contribution in [2.75, 3.05) is 0 Å². The SMILES string of the molecule is CC1CC=c2c(sc3ccc4ccccc4c23)=C1c1cc(Br)ccc1Cl. The van der Waals surface area contributed by atoms with Gasteiger partial charge in [0, 0.05) is 24.1 Å². The van der Waals surface area contributed by atoms with Gasteiger partial charge in [0.2, 0.25) is 0 Å².